The number of anilines is 1. The molecule has 0 N–H and O–H groups in total. The Labute approximate surface area is 122 Å². The lowest BCUT2D eigenvalue weighted by atomic mass is 10.1. The van der Waals surface area contributed by atoms with Crippen molar-refractivity contribution >= 4 is 17.2 Å². The van der Waals surface area contributed by atoms with E-state index in [0.717, 1.165) is 30.9 Å². The number of aliphatic imine (C=N–C) groups is 1. The molecule has 0 saturated heterocycles. The third-order valence-electron chi connectivity index (χ3n) is 3.46. The minimum atomic E-state index is -0.341. The van der Waals surface area contributed by atoms with Crippen LogP contribution in [0.15, 0.2) is 59.6 Å². The Morgan fingerprint density at radius 3 is 2.52 bits per heavy atom. The van der Waals surface area contributed by atoms with Crippen molar-refractivity contribution in [1.82, 2.24) is 0 Å². The summed E-state index contributed by atoms with van der Waals surface area (Å²) in [5.74, 6) is 0.802. The van der Waals surface area contributed by atoms with Gasteiger partial charge < -0.3 is 4.90 Å². The number of nitrogens with zero attached hydrogens (tertiary/aromatic N) is 3. The summed E-state index contributed by atoms with van der Waals surface area (Å²) in [5.41, 5.74) is 1.70. The normalized spacial score (nSPS) is 14.7. The predicted octanol–water partition coefficient (Wildman–Crippen LogP) is 3.25. The Bertz CT molecular complexity index is 683. The van der Waals surface area contributed by atoms with Gasteiger partial charge in [-0.15, -0.1) is 0 Å². The largest absolute Gasteiger partial charge is 0.320 e. The lowest BCUT2D eigenvalue weighted by Gasteiger charge is -2.29. The summed E-state index contributed by atoms with van der Waals surface area (Å²) in [4.78, 5) is 17.4. The number of nitro benzene ring substituents is 1. The van der Waals surface area contributed by atoms with Crippen LogP contribution < -0.4 is 4.90 Å². The first-order chi connectivity index (χ1) is 10.3. The summed E-state index contributed by atoms with van der Waals surface area (Å²) in [7, 11) is 0. The van der Waals surface area contributed by atoms with Crippen molar-refractivity contribution in [2.75, 3.05) is 18.0 Å². The summed E-state index contributed by atoms with van der Waals surface area (Å²) in [6.45, 7) is 1.49. The molecule has 0 unspecified atom stereocenters. The van der Waals surface area contributed by atoms with Gasteiger partial charge in [-0.3, -0.25) is 15.1 Å². The molecule has 0 amide bonds. The molecule has 5 heteroatoms. The van der Waals surface area contributed by atoms with E-state index in [9.17, 15) is 10.1 Å². The van der Waals surface area contributed by atoms with Crippen molar-refractivity contribution in [2.45, 2.75) is 6.42 Å². The van der Waals surface area contributed by atoms with Crippen molar-refractivity contribution in [2.24, 2.45) is 4.99 Å². The molecule has 0 fully saturated rings. The van der Waals surface area contributed by atoms with E-state index in [-0.39, 0.29) is 10.6 Å². The fourth-order valence-corrected chi connectivity index (χ4v) is 2.52. The summed E-state index contributed by atoms with van der Waals surface area (Å²) in [6, 6.07) is 16.6. The molecule has 106 valence electrons. The third-order valence-corrected chi connectivity index (χ3v) is 3.46. The first kappa shape index (κ1) is 13.3. The van der Waals surface area contributed by atoms with Gasteiger partial charge in [0.2, 0.25) is 0 Å². The van der Waals surface area contributed by atoms with Gasteiger partial charge >= 0.3 is 0 Å². The molecule has 0 atom stereocenters. The molecule has 0 bridgehead atoms. The average Bonchev–Trinajstić information content (AvgIpc) is 2.55. The Morgan fingerprint density at radius 2 is 1.76 bits per heavy atom. The second-order valence-electron chi connectivity index (χ2n) is 4.82. The van der Waals surface area contributed by atoms with Crippen LogP contribution >= 0.6 is 0 Å². The van der Waals surface area contributed by atoms with Gasteiger partial charge in [0.05, 0.1) is 4.92 Å². The molecule has 0 aromatic heterocycles. The van der Waals surface area contributed by atoms with E-state index in [4.69, 9.17) is 0 Å². The predicted molar refractivity (Wildman–Crippen MR) is 82.9 cm³/mol. The topological polar surface area (TPSA) is 58.7 Å². The second-order valence-corrected chi connectivity index (χ2v) is 4.82. The standard InChI is InChI=1S/C16H15N3O2/c20-19(21)15-10-5-4-9-14(15)18-12-6-11-17-16(18)13-7-2-1-3-8-13/h1-5,7-10H,6,11-12H2. The van der Waals surface area contributed by atoms with Crippen LogP contribution in [0, 0.1) is 10.1 Å². The van der Waals surface area contributed by atoms with Crippen LogP contribution in [0.2, 0.25) is 0 Å². The van der Waals surface area contributed by atoms with Crippen LogP contribution in [0.1, 0.15) is 12.0 Å². The number of benzene rings is 2. The molecule has 0 aliphatic carbocycles. The Hall–Kier alpha value is -2.69. The molecule has 2 aromatic carbocycles. The summed E-state index contributed by atoms with van der Waals surface area (Å²) in [5, 5.41) is 11.2. The van der Waals surface area contributed by atoms with Crippen molar-refractivity contribution in [3.63, 3.8) is 0 Å². The quantitative estimate of drug-likeness (QED) is 0.641. The Morgan fingerprint density at radius 1 is 1.05 bits per heavy atom. The molecule has 2 aromatic rings. The Kier molecular flexibility index (Phi) is 3.64. The maximum atomic E-state index is 11.2. The van der Waals surface area contributed by atoms with Gasteiger partial charge in [0.25, 0.3) is 5.69 Å². The molecule has 0 saturated carbocycles. The highest BCUT2D eigenvalue weighted by Crippen LogP contribution is 2.30. The Balaban J connectivity index is 2.07. The van der Waals surface area contributed by atoms with E-state index in [1.165, 1.54) is 6.07 Å². The molecule has 0 radical (unpaired) electrons. The van der Waals surface area contributed by atoms with E-state index in [0.29, 0.717) is 5.69 Å². The van der Waals surface area contributed by atoms with Gasteiger partial charge in [0.1, 0.15) is 11.5 Å². The fraction of sp³-hybridized carbons (Fsp3) is 0.188. The number of hydrogen-bond acceptors (Lipinski definition) is 4. The molecule has 1 heterocycles. The van der Waals surface area contributed by atoms with Crippen LogP contribution in [0.3, 0.4) is 0 Å². The molecule has 21 heavy (non-hydrogen) atoms. The SMILES string of the molecule is O=[N+]([O-])c1ccccc1N1CCCN=C1c1ccccc1. The highest BCUT2D eigenvalue weighted by molar-refractivity contribution is 6.11. The first-order valence-electron chi connectivity index (χ1n) is 6.88. The zero-order chi connectivity index (χ0) is 14.7. The molecule has 1 aliphatic rings. The maximum Gasteiger partial charge on any atom is 0.292 e. The molecule has 1 aliphatic heterocycles. The monoisotopic (exact) mass is 281 g/mol. The van der Waals surface area contributed by atoms with Gasteiger partial charge in [0.15, 0.2) is 0 Å². The number of nitro groups is 1. The van der Waals surface area contributed by atoms with E-state index in [1.54, 1.807) is 12.1 Å². The molecule has 5 nitrogen and oxygen atoms in total. The summed E-state index contributed by atoms with van der Waals surface area (Å²) >= 11 is 0. The van der Waals surface area contributed by atoms with Gasteiger partial charge in [-0.25, -0.2) is 0 Å². The lowest BCUT2D eigenvalue weighted by Crippen LogP contribution is -2.36. The summed E-state index contributed by atoms with van der Waals surface area (Å²) in [6.07, 6.45) is 0.891. The molecule has 0 spiro atoms. The highest BCUT2D eigenvalue weighted by atomic mass is 16.6. The smallest absolute Gasteiger partial charge is 0.292 e. The summed E-state index contributed by atoms with van der Waals surface area (Å²) < 4.78 is 0. The lowest BCUT2D eigenvalue weighted by molar-refractivity contribution is -0.384. The van der Waals surface area contributed by atoms with Crippen LogP contribution in [0.5, 0.6) is 0 Å². The van der Waals surface area contributed by atoms with Gasteiger partial charge in [-0.2, -0.15) is 0 Å². The van der Waals surface area contributed by atoms with Gasteiger partial charge in [0, 0.05) is 24.7 Å². The highest BCUT2D eigenvalue weighted by Gasteiger charge is 2.24. The first-order valence-corrected chi connectivity index (χ1v) is 6.88. The molecular weight excluding hydrogens is 266 g/mol. The van der Waals surface area contributed by atoms with Gasteiger partial charge in [-0.05, 0) is 12.5 Å². The molecule has 3 rings (SSSR count). The number of rotatable bonds is 3. The van der Waals surface area contributed by atoms with Gasteiger partial charge in [-0.1, -0.05) is 42.5 Å². The zero-order valence-electron chi connectivity index (χ0n) is 11.5. The van der Waals surface area contributed by atoms with Crippen molar-refractivity contribution in [3.05, 3.63) is 70.3 Å². The van der Waals surface area contributed by atoms with E-state index in [1.807, 2.05) is 41.3 Å². The van der Waals surface area contributed by atoms with E-state index < -0.39 is 0 Å². The number of para-hydroxylation sites is 2. The second kappa shape index (κ2) is 5.75. The minimum Gasteiger partial charge on any atom is -0.320 e. The van der Waals surface area contributed by atoms with Crippen LogP contribution in [0.25, 0.3) is 0 Å². The van der Waals surface area contributed by atoms with Crippen LogP contribution in [-0.2, 0) is 0 Å². The van der Waals surface area contributed by atoms with E-state index in [2.05, 4.69) is 4.99 Å². The average molecular weight is 281 g/mol. The van der Waals surface area contributed by atoms with E-state index >= 15 is 0 Å². The van der Waals surface area contributed by atoms with Crippen LogP contribution in [-0.4, -0.2) is 23.8 Å². The maximum absolute atomic E-state index is 11.2. The van der Waals surface area contributed by atoms with Crippen molar-refractivity contribution in [3.8, 4) is 0 Å². The minimum absolute atomic E-state index is 0.114. The third kappa shape index (κ3) is 2.63. The van der Waals surface area contributed by atoms with Crippen LogP contribution in [0.4, 0.5) is 11.4 Å². The zero-order valence-corrected chi connectivity index (χ0v) is 11.5. The fourth-order valence-electron chi connectivity index (χ4n) is 2.52. The number of amidine groups is 1. The van der Waals surface area contributed by atoms with Crippen molar-refractivity contribution in [1.29, 1.82) is 0 Å². The van der Waals surface area contributed by atoms with Crippen molar-refractivity contribution < 1.29 is 4.92 Å². The molecular formula is C16H15N3O2. The number of hydrogen-bond donors (Lipinski definition) is 0.